The van der Waals surface area contributed by atoms with Crippen molar-refractivity contribution in [2.75, 3.05) is 18.9 Å². The Morgan fingerprint density at radius 3 is 2.48 bits per heavy atom. The zero-order valence-electron chi connectivity index (χ0n) is 12.6. The number of nitrogens with two attached hydrogens (primary N) is 1. The zero-order valence-corrected chi connectivity index (χ0v) is 14.2. The van der Waals surface area contributed by atoms with Gasteiger partial charge in [-0.1, -0.05) is 11.6 Å². The van der Waals surface area contributed by atoms with Gasteiger partial charge in [-0.25, -0.2) is 4.79 Å². The number of hydrogen-bond donors (Lipinski definition) is 1. The minimum atomic E-state index is -0.548. The SMILES string of the molecule is CCN(Cc1ccc(Cl)s1)C(=O)COC(=O)c1ccc(N)cc1. The first-order chi connectivity index (χ1) is 11.0. The highest BCUT2D eigenvalue weighted by Crippen LogP contribution is 2.22. The fourth-order valence-electron chi connectivity index (χ4n) is 1.92. The third-order valence-corrected chi connectivity index (χ3v) is 4.40. The van der Waals surface area contributed by atoms with E-state index < -0.39 is 5.97 Å². The summed E-state index contributed by atoms with van der Waals surface area (Å²) in [6.45, 7) is 2.55. The van der Waals surface area contributed by atoms with Crippen molar-refractivity contribution in [3.05, 3.63) is 51.2 Å². The summed E-state index contributed by atoms with van der Waals surface area (Å²) in [6.07, 6.45) is 0. The van der Waals surface area contributed by atoms with E-state index in [2.05, 4.69) is 0 Å². The van der Waals surface area contributed by atoms with Crippen LogP contribution in [0, 0.1) is 0 Å². The number of carbonyl (C=O) groups is 2. The Bertz CT molecular complexity index is 685. The van der Waals surface area contributed by atoms with Gasteiger partial charge in [0.15, 0.2) is 6.61 Å². The Labute approximate surface area is 143 Å². The fourth-order valence-corrected chi connectivity index (χ4v) is 3.03. The molecule has 0 radical (unpaired) electrons. The molecule has 0 aliphatic carbocycles. The van der Waals surface area contributed by atoms with Gasteiger partial charge in [-0.3, -0.25) is 4.79 Å². The third kappa shape index (κ3) is 4.97. The van der Waals surface area contributed by atoms with E-state index in [1.54, 1.807) is 35.2 Å². The summed E-state index contributed by atoms with van der Waals surface area (Å²) in [7, 11) is 0. The highest BCUT2D eigenvalue weighted by Gasteiger charge is 2.16. The summed E-state index contributed by atoms with van der Waals surface area (Å²) in [4.78, 5) is 26.7. The van der Waals surface area contributed by atoms with Gasteiger partial charge in [0.05, 0.1) is 16.4 Å². The van der Waals surface area contributed by atoms with E-state index in [4.69, 9.17) is 22.1 Å². The molecule has 1 aromatic carbocycles. The molecule has 0 aliphatic heterocycles. The van der Waals surface area contributed by atoms with Crippen LogP contribution in [0.1, 0.15) is 22.2 Å². The second-order valence-electron chi connectivity index (χ2n) is 4.81. The lowest BCUT2D eigenvalue weighted by Crippen LogP contribution is -2.33. The molecule has 0 saturated carbocycles. The number of rotatable bonds is 6. The molecule has 0 spiro atoms. The molecule has 2 N–H and O–H groups in total. The Morgan fingerprint density at radius 1 is 1.22 bits per heavy atom. The maximum Gasteiger partial charge on any atom is 0.338 e. The molecule has 7 heteroatoms. The van der Waals surface area contributed by atoms with E-state index in [9.17, 15) is 9.59 Å². The minimum Gasteiger partial charge on any atom is -0.452 e. The summed E-state index contributed by atoms with van der Waals surface area (Å²) in [6, 6.07) is 10.0. The number of benzene rings is 1. The van der Waals surface area contributed by atoms with E-state index in [0.29, 0.717) is 28.7 Å². The summed E-state index contributed by atoms with van der Waals surface area (Å²) < 4.78 is 5.74. The molecule has 1 aromatic heterocycles. The molecule has 0 bridgehead atoms. The molecular weight excluding hydrogens is 336 g/mol. The number of halogens is 1. The van der Waals surface area contributed by atoms with Crippen LogP contribution in [-0.2, 0) is 16.1 Å². The van der Waals surface area contributed by atoms with Crippen molar-refractivity contribution >= 4 is 40.5 Å². The lowest BCUT2D eigenvalue weighted by atomic mass is 10.2. The lowest BCUT2D eigenvalue weighted by Gasteiger charge is -2.19. The first-order valence-electron chi connectivity index (χ1n) is 7.04. The van der Waals surface area contributed by atoms with Crippen LogP contribution in [0.2, 0.25) is 4.34 Å². The number of esters is 1. The van der Waals surface area contributed by atoms with Crippen molar-refractivity contribution in [1.82, 2.24) is 4.90 Å². The Morgan fingerprint density at radius 2 is 1.91 bits per heavy atom. The molecule has 1 amide bonds. The predicted molar refractivity (Wildman–Crippen MR) is 91.6 cm³/mol. The average molecular weight is 353 g/mol. The maximum atomic E-state index is 12.2. The highest BCUT2D eigenvalue weighted by molar-refractivity contribution is 7.16. The standard InChI is InChI=1S/C16H17ClN2O3S/c1-2-19(9-13-7-8-14(17)23-13)15(20)10-22-16(21)11-3-5-12(18)6-4-11/h3-8H,2,9-10,18H2,1H3. The topological polar surface area (TPSA) is 72.6 Å². The number of likely N-dealkylation sites (N-methyl/N-ethyl adjacent to an activating group) is 1. The largest absolute Gasteiger partial charge is 0.452 e. The second kappa shape index (κ2) is 7.99. The van der Waals surface area contributed by atoms with E-state index in [0.717, 1.165) is 4.88 Å². The average Bonchev–Trinajstić information content (AvgIpc) is 2.95. The summed E-state index contributed by atoms with van der Waals surface area (Å²) in [5.74, 6) is -0.797. The number of ether oxygens (including phenoxy) is 1. The third-order valence-electron chi connectivity index (χ3n) is 3.18. The molecule has 2 aromatic rings. The molecule has 0 saturated heterocycles. The molecule has 0 atom stereocenters. The fraction of sp³-hybridized carbons (Fsp3) is 0.250. The number of anilines is 1. The number of nitrogens with zero attached hydrogens (tertiary/aromatic N) is 1. The smallest absolute Gasteiger partial charge is 0.338 e. The Balaban J connectivity index is 1.89. The first kappa shape index (κ1) is 17.3. The number of nitrogen functional groups attached to an aromatic ring is 1. The van der Waals surface area contributed by atoms with Crippen molar-refractivity contribution in [3.63, 3.8) is 0 Å². The summed E-state index contributed by atoms with van der Waals surface area (Å²) in [5.41, 5.74) is 6.48. The van der Waals surface area contributed by atoms with Gasteiger partial charge in [-0.2, -0.15) is 0 Å². The van der Waals surface area contributed by atoms with Crippen LogP contribution >= 0.6 is 22.9 Å². The molecule has 1 heterocycles. The van der Waals surface area contributed by atoms with Crippen molar-refractivity contribution in [2.45, 2.75) is 13.5 Å². The van der Waals surface area contributed by atoms with Crippen LogP contribution in [-0.4, -0.2) is 29.9 Å². The molecule has 122 valence electrons. The van der Waals surface area contributed by atoms with Gasteiger partial charge in [0.1, 0.15) is 0 Å². The molecule has 0 unspecified atom stereocenters. The Hall–Kier alpha value is -2.05. The van der Waals surface area contributed by atoms with E-state index >= 15 is 0 Å². The number of amides is 1. The summed E-state index contributed by atoms with van der Waals surface area (Å²) >= 11 is 7.31. The van der Waals surface area contributed by atoms with Gasteiger partial charge in [-0.05, 0) is 43.3 Å². The number of thiophene rings is 1. The van der Waals surface area contributed by atoms with Gasteiger partial charge in [0.2, 0.25) is 0 Å². The first-order valence-corrected chi connectivity index (χ1v) is 8.23. The number of hydrogen-bond acceptors (Lipinski definition) is 5. The lowest BCUT2D eigenvalue weighted by molar-refractivity contribution is -0.134. The van der Waals surface area contributed by atoms with Gasteiger partial charge in [0, 0.05) is 17.1 Å². The molecule has 0 fully saturated rings. The quantitative estimate of drug-likeness (QED) is 0.640. The molecule has 2 rings (SSSR count). The molecular formula is C16H17ClN2O3S. The number of carbonyl (C=O) groups excluding carboxylic acids is 2. The molecule has 0 aliphatic rings. The van der Waals surface area contributed by atoms with Crippen LogP contribution in [0.5, 0.6) is 0 Å². The van der Waals surface area contributed by atoms with Crippen molar-refractivity contribution in [3.8, 4) is 0 Å². The predicted octanol–water partition coefficient (Wildman–Crippen LogP) is 3.19. The highest BCUT2D eigenvalue weighted by atomic mass is 35.5. The van der Waals surface area contributed by atoms with Crippen LogP contribution in [0.3, 0.4) is 0 Å². The van der Waals surface area contributed by atoms with Gasteiger partial charge in [0.25, 0.3) is 5.91 Å². The second-order valence-corrected chi connectivity index (χ2v) is 6.61. The van der Waals surface area contributed by atoms with Crippen LogP contribution < -0.4 is 5.73 Å². The van der Waals surface area contributed by atoms with Crippen molar-refractivity contribution in [2.24, 2.45) is 0 Å². The van der Waals surface area contributed by atoms with Gasteiger partial charge >= 0.3 is 5.97 Å². The molecule has 5 nitrogen and oxygen atoms in total. The normalized spacial score (nSPS) is 10.3. The van der Waals surface area contributed by atoms with Crippen LogP contribution in [0.4, 0.5) is 5.69 Å². The molecule has 23 heavy (non-hydrogen) atoms. The van der Waals surface area contributed by atoms with Gasteiger partial charge < -0.3 is 15.4 Å². The monoisotopic (exact) mass is 352 g/mol. The Kier molecular flexibility index (Phi) is 6.01. The van der Waals surface area contributed by atoms with Crippen LogP contribution in [0.15, 0.2) is 36.4 Å². The van der Waals surface area contributed by atoms with E-state index in [1.165, 1.54) is 11.3 Å². The minimum absolute atomic E-state index is 0.249. The van der Waals surface area contributed by atoms with E-state index in [-0.39, 0.29) is 12.5 Å². The van der Waals surface area contributed by atoms with Gasteiger partial charge in [-0.15, -0.1) is 11.3 Å². The van der Waals surface area contributed by atoms with Crippen LogP contribution in [0.25, 0.3) is 0 Å². The zero-order chi connectivity index (χ0) is 16.8. The van der Waals surface area contributed by atoms with Crippen molar-refractivity contribution in [1.29, 1.82) is 0 Å². The maximum absolute atomic E-state index is 12.2. The van der Waals surface area contributed by atoms with E-state index in [1.807, 2.05) is 13.0 Å². The summed E-state index contributed by atoms with van der Waals surface area (Å²) in [5, 5.41) is 0. The van der Waals surface area contributed by atoms with Crippen molar-refractivity contribution < 1.29 is 14.3 Å².